The molecule has 6 nitrogen and oxygen atoms in total. The molecule has 0 aliphatic rings. The van der Waals surface area contributed by atoms with E-state index < -0.39 is 0 Å². The number of pyridine rings is 1. The summed E-state index contributed by atoms with van der Waals surface area (Å²) in [6.07, 6.45) is 1.77. The second-order valence-electron chi connectivity index (χ2n) is 6.32. The van der Waals surface area contributed by atoms with Crippen molar-refractivity contribution in [2.24, 2.45) is 4.99 Å². The number of halogens is 1. The van der Waals surface area contributed by atoms with Crippen molar-refractivity contribution >= 4 is 35.8 Å². The Bertz CT molecular complexity index is 540. The van der Waals surface area contributed by atoms with Gasteiger partial charge in [0.2, 0.25) is 5.91 Å². The zero-order chi connectivity index (χ0) is 16.8. The fraction of sp³-hybridized carbons (Fsp3) is 0.562. The molecule has 0 fully saturated rings. The Balaban J connectivity index is 0.00000484. The molecule has 0 atom stereocenters. The number of nitrogens with one attached hydrogen (secondary N) is 2. The van der Waals surface area contributed by atoms with Crippen LogP contribution in [0.5, 0.6) is 0 Å². The maximum Gasteiger partial charge on any atom is 0.240 e. The first kappa shape index (κ1) is 21.6. The first-order valence-corrected chi connectivity index (χ1v) is 7.36. The molecule has 0 aliphatic heterocycles. The third-order valence-corrected chi connectivity index (χ3v) is 3.00. The molecule has 0 spiro atoms. The van der Waals surface area contributed by atoms with E-state index in [-0.39, 0.29) is 42.0 Å². The molecular formula is C16H28IN5O. The molecule has 1 heterocycles. The van der Waals surface area contributed by atoms with Crippen LogP contribution >= 0.6 is 24.0 Å². The van der Waals surface area contributed by atoms with Crippen molar-refractivity contribution in [1.29, 1.82) is 0 Å². The summed E-state index contributed by atoms with van der Waals surface area (Å²) in [6, 6.07) is 3.93. The van der Waals surface area contributed by atoms with Gasteiger partial charge >= 0.3 is 0 Å². The van der Waals surface area contributed by atoms with E-state index in [0.29, 0.717) is 12.5 Å². The zero-order valence-electron chi connectivity index (χ0n) is 14.8. The van der Waals surface area contributed by atoms with Crippen molar-refractivity contribution in [2.75, 3.05) is 20.6 Å². The predicted molar refractivity (Wildman–Crippen MR) is 105 cm³/mol. The fourth-order valence-corrected chi connectivity index (χ4v) is 2.00. The van der Waals surface area contributed by atoms with Crippen LogP contribution in [0.25, 0.3) is 0 Å². The largest absolute Gasteiger partial charge is 0.351 e. The second-order valence-corrected chi connectivity index (χ2v) is 6.32. The van der Waals surface area contributed by atoms with Crippen molar-refractivity contribution in [3.8, 4) is 0 Å². The van der Waals surface area contributed by atoms with Gasteiger partial charge in [-0.2, -0.15) is 0 Å². The van der Waals surface area contributed by atoms with Gasteiger partial charge in [0.15, 0.2) is 5.96 Å². The van der Waals surface area contributed by atoms with Crippen LogP contribution in [0.15, 0.2) is 23.3 Å². The molecule has 1 aromatic rings. The van der Waals surface area contributed by atoms with Gasteiger partial charge < -0.3 is 15.5 Å². The third-order valence-electron chi connectivity index (χ3n) is 3.00. The van der Waals surface area contributed by atoms with Gasteiger partial charge in [0.05, 0.1) is 18.8 Å². The summed E-state index contributed by atoms with van der Waals surface area (Å²) in [5, 5.41) is 6.16. The molecule has 0 aliphatic carbocycles. The van der Waals surface area contributed by atoms with Crippen LogP contribution in [-0.2, 0) is 11.3 Å². The van der Waals surface area contributed by atoms with Crippen LogP contribution in [0.3, 0.4) is 0 Å². The van der Waals surface area contributed by atoms with Crippen molar-refractivity contribution < 1.29 is 4.79 Å². The van der Waals surface area contributed by atoms with E-state index in [9.17, 15) is 4.79 Å². The summed E-state index contributed by atoms with van der Waals surface area (Å²) < 4.78 is 0. The number of carbonyl (C=O) groups is 1. The summed E-state index contributed by atoms with van der Waals surface area (Å²) in [5.41, 5.74) is 1.86. The van der Waals surface area contributed by atoms with Crippen molar-refractivity contribution in [2.45, 2.75) is 39.8 Å². The van der Waals surface area contributed by atoms with E-state index in [1.54, 1.807) is 18.1 Å². The van der Waals surface area contributed by atoms with E-state index in [1.165, 1.54) is 0 Å². The average molecular weight is 433 g/mol. The van der Waals surface area contributed by atoms with Gasteiger partial charge in [0.25, 0.3) is 0 Å². The standard InChI is InChI=1S/C16H27N5O.HI/c1-12-8-7-9-18-13(12)10-19-15(17-5)21(6)11-14(22)20-16(2,3)4;/h7-9H,10-11H2,1-6H3,(H,17,19)(H,20,22);1H. The highest BCUT2D eigenvalue weighted by atomic mass is 127. The smallest absolute Gasteiger partial charge is 0.240 e. The van der Waals surface area contributed by atoms with Crippen LogP contribution in [0.1, 0.15) is 32.0 Å². The summed E-state index contributed by atoms with van der Waals surface area (Å²) in [4.78, 5) is 22.3. The minimum atomic E-state index is -0.236. The Kier molecular flexibility index (Phi) is 9.11. The van der Waals surface area contributed by atoms with Crippen molar-refractivity contribution in [1.82, 2.24) is 20.5 Å². The Morgan fingerprint density at radius 1 is 1.39 bits per heavy atom. The molecule has 0 unspecified atom stereocenters. The van der Waals surface area contributed by atoms with Crippen LogP contribution in [0.2, 0.25) is 0 Å². The van der Waals surface area contributed by atoms with Gasteiger partial charge in [-0.3, -0.25) is 14.8 Å². The lowest BCUT2D eigenvalue weighted by atomic mass is 10.1. The van der Waals surface area contributed by atoms with Crippen molar-refractivity contribution in [3.63, 3.8) is 0 Å². The summed E-state index contributed by atoms with van der Waals surface area (Å²) in [6.45, 7) is 8.72. The molecule has 1 rings (SSSR count). The van der Waals surface area contributed by atoms with Gasteiger partial charge in [0, 0.05) is 25.8 Å². The highest BCUT2D eigenvalue weighted by molar-refractivity contribution is 14.0. The van der Waals surface area contributed by atoms with E-state index in [4.69, 9.17) is 0 Å². The molecule has 1 aromatic heterocycles. The maximum atomic E-state index is 12.0. The lowest BCUT2D eigenvalue weighted by molar-refractivity contribution is -0.122. The number of hydrogen-bond donors (Lipinski definition) is 2. The average Bonchev–Trinajstić information content (AvgIpc) is 2.39. The zero-order valence-corrected chi connectivity index (χ0v) is 17.1. The number of aromatic nitrogens is 1. The van der Waals surface area contributed by atoms with Gasteiger partial charge in [0.1, 0.15) is 0 Å². The molecule has 0 saturated heterocycles. The van der Waals surface area contributed by atoms with Gasteiger partial charge in [-0.15, -0.1) is 24.0 Å². The number of hydrogen-bond acceptors (Lipinski definition) is 3. The number of carbonyl (C=O) groups excluding carboxylic acids is 1. The SMILES string of the molecule is CN=C(NCc1ncccc1C)N(C)CC(=O)NC(C)(C)C.I. The number of aliphatic imine (C=N–C) groups is 1. The minimum Gasteiger partial charge on any atom is -0.351 e. The van der Waals surface area contributed by atoms with Crippen molar-refractivity contribution in [3.05, 3.63) is 29.6 Å². The van der Waals surface area contributed by atoms with Gasteiger partial charge in [-0.1, -0.05) is 6.07 Å². The van der Waals surface area contributed by atoms with Gasteiger partial charge in [-0.05, 0) is 39.3 Å². The van der Waals surface area contributed by atoms with E-state index in [2.05, 4.69) is 20.6 Å². The number of likely N-dealkylation sites (N-methyl/N-ethyl adjacent to an activating group) is 1. The first-order valence-electron chi connectivity index (χ1n) is 7.36. The lowest BCUT2D eigenvalue weighted by Gasteiger charge is -2.25. The normalized spacial score (nSPS) is 11.5. The highest BCUT2D eigenvalue weighted by Gasteiger charge is 2.16. The Labute approximate surface area is 156 Å². The van der Waals surface area contributed by atoms with Crippen LogP contribution < -0.4 is 10.6 Å². The van der Waals surface area contributed by atoms with E-state index in [0.717, 1.165) is 11.3 Å². The first-order chi connectivity index (χ1) is 10.2. The quantitative estimate of drug-likeness (QED) is 0.433. The molecule has 1 amide bonds. The summed E-state index contributed by atoms with van der Waals surface area (Å²) in [5.74, 6) is 0.626. The lowest BCUT2D eigenvalue weighted by Crippen LogP contribution is -2.48. The van der Waals surface area contributed by atoms with E-state index >= 15 is 0 Å². The molecule has 0 saturated carbocycles. The number of nitrogens with zero attached hydrogens (tertiary/aromatic N) is 3. The molecule has 2 N–H and O–H groups in total. The minimum absolute atomic E-state index is 0. The molecular weight excluding hydrogens is 405 g/mol. The van der Waals surface area contributed by atoms with Gasteiger partial charge in [-0.25, -0.2) is 0 Å². The molecule has 0 bridgehead atoms. The van der Waals surface area contributed by atoms with Crippen LogP contribution in [0, 0.1) is 6.92 Å². The third kappa shape index (κ3) is 8.15. The van der Waals surface area contributed by atoms with E-state index in [1.807, 2.05) is 46.9 Å². The highest BCUT2D eigenvalue weighted by Crippen LogP contribution is 2.03. The molecule has 0 aromatic carbocycles. The second kappa shape index (κ2) is 9.69. The molecule has 23 heavy (non-hydrogen) atoms. The summed E-state index contributed by atoms with van der Waals surface area (Å²) in [7, 11) is 3.54. The molecule has 0 radical (unpaired) electrons. The summed E-state index contributed by atoms with van der Waals surface area (Å²) >= 11 is 0. The number of aryl methyl sites for hydroxylation is 1. The number of guanidine groups is 1. The van der Waals surface area contributed by atoms with Crippen LogP contribution in [-0.4, -0.2) is 47.9 Å². The monoisotopic (exact) mass is 433 g/mol. The Morgan fingerprint density at radius 3 is 2.57 bits per heavy atom. The fourth-order valence-electron chi connectivity index (χ4n) is 2.00. The number of amides is 1. The molecule has 130 valence electrons. The Morgan fingerprint density at radius 2 is 2.04 bits per heavy atom. The Hall–Kier alpha value is -1.38. The number of rotatable bonds is 4. The van der Waals surface area contributed by atoms with Crippen LogP contribution in [0.4, 0.5) is 0 Å². The topological polar surface area (TPSA) is 69.6 Å². The predicted octanol–water partition coefficient (Wildman–Crippen LogP) is 1.93. The molecule has 7 heteroatoms. The maximum absolute atomic E-state index is 12.0.